The molecule has 1 heterocycles. The van der Waals surface area contributed by atoms with E-state index in [0.717, 1.165) is 29.7 Å². The molecular weight excluding hydrogens is 370 g/mol. The Kier molecular flexibility index (Phi) is 5.51. The van der Waals surface area contributed by atoms with Gasteiger partial charge >= 0.3 is 17.8 Å². The number of aryl methyl sites for hydroxylation is 1. The van der Waals surface area contributed by atoms with Crippen LogP contribution < -0.4 is 5.32 Å². The Bertz CT molecular complexity index is 810. The zero-order valence-corrected chi connectivity index (χ0v) is 16.1. The summed E-state index contributed by atoms with van der Waals surface area (Å²) in [5, 5.41) is 2.93. The molecule has 0 radical (unpaired) electrons. The SMILES string of the molecule is Cc1ccc(NC(=O)CN2C(=O)C(=O)N([C@@H]3CCCC[C@H]3C)C2=O)c(Cl)c1. The minimum atomic E-state index is -0.956. The van der Waals surface area contributed by atoms with Gasteiger partial charge in [0.15, 0.2) is 0 Å². The Balaban J connectivity index is 1.71. The van der Waals surface area contributed by atoms with E-state index in [1.54, 1.807) is 18.2 Å². The Hall–Kier alpha value is -2.41. The lowest BCUT2D eigenvalue weighted by Gasteiger charge is -2.34. The Morgan fingerprint density at radius 2 is 1.89 bits per heavy atom. The fraction of sp³-hybridized carbons (Fsp3) is 0.474. The highest BCUT2D eigenvalue weighted by molar-refractivity contribution is 6.45. The maximum Gasteiger partial charge on any atom is 0.334 e. The van der Waals surface area contributed by atoms with Crippen molar-refractivity contribution >= 4 is 41.0 Å². The molecule has 8 heteroatoms. The van der Waals surface area contributed by atoms with Gasteiger partial charge in [-0.2, -0.15) is 0 Å². The summed E-state index contributed by atoms with van der Waals surface area (Å²) in [4.78, 5) is 51.4. The molecular formula is C19H22ClN3O4. The van der Waals surface area contributed by atoms with Gasteiger partial charge in [0.2, 0.25) is 5.91 Å². The van der Waals surface area contributed by atoms with Gasteiger partial charge in [-0.05, 0) is 43.4 Å². The molecule has 0 bridgehead atoms. The van der Waals surface area contributed by atoms with Crippen LogP contribution in [0.5, 0.6) is 0 Å². The molecule has 0 aromatic heterocycles. The summed E-state index contributed by atoms with van der Waals surface area (Å²) in [5.74, 6) is -2.25. The van der Waals surface area contributed by atoms with Crippen LogP contribution in [0.4, 0.5) is 10.5 Å². The second-order valence-corrected chi connectivity index (χ2v) is 7.62. The predicted molar refractivity (Wildman–Crippen MR) is 100 cm³/mol. The van der Waals surface area contributed by atoms with Crippen molar-refractivity contribution in [1.29, 1.82) is 0 Å². The molecule has 1 saturated heterocycles. The third kappa shape index (κ3) is 3.83. The maximum atomic E-state index is 12.7. The van der Waals surface area contributed by atoms with Crippen LogP contribution in [-0.2, 0) is 14.4 Å². The second kappa shape index (κ2) is 7.68. The van der Waals surface area contributed by atoms with Crippen molar-refractivity contribution in [1.82, 2.24) is 9.80 Å². The molecule has 27 heavy (non-hydrogen) atoms. The summed E-state index contributed by atoms with van der Waals surface area (Å²) >= 11 is 6.09. The van der Waals surface area contributed by atoms with Gasteiger partial charge in [0.05, 0.1) is 10.7 Å². The van der Waals surface area contributed by atoms with E-state index in [4.69, 9.17) is 11.6 Å². The molecule has 1 aromatic rings. The molecule has 1 saturated carbocycles. The van der Waals surface area contributed by atoms with Crippen molar-refractivity contribution in [3.63, 3.8) is 0 Å². The van der Waals surface area contributed by atoms with Crippen molar-refractivity contribution < 1.29 is 19.2 Å². The third-order valence-corrected chi connectivity index (χ3v) is 5.49. The number of hydrogen-bond acceptors (Lipinski definition) is 4. The molecule has 2 aliphatic rings. The van der Waals surface area contributed by atoms with Crippen molar-refractivity contribution in [3.8, 4) is 0 Å². The van der Waals surface area contributed by atoms with E-state index in [2.05, 4.69) is 5.32 Å². The van der Waals surface area contributed by atoms with Gasteiger partial charge in [-0.25, -0.2) is 9.69 Å². The van der Waals surface area contributed by atoms with Crippen LogP contribution in [-0.4, -0.2) is 46.1 Å². The lowest BCUT2D eigenvalue weighted by atomic mass is 9.85. The van der Waals surface area contributed by atoms with E-state index in [-0.39, 0.29) is 12.0 Å². The van der Waals surface area contributed by atoms with Crippen LogP contribution in [0.25, 0.3) is 0 Å². The number of rotatable bonds is 4. The largest absolute Gasteiger partial charge is 0.334 e. The quantitative estimate of drug-likeness (QED) is 0.631. The molecule has 7 nitrogen and oxygen atoms in total. The van der Waals surface area contributed by atoms with Crippen molar-refractivity contribution in [2.24, 2.45) is 5.92 Å². The standard InChI is InChI=1S/C19H22ClN3O4/c1-11-7-8-14(13(20)9-11)21-16(24)10-22-17(25)18(26)23(19(22)27)15-6-4-3-5-12(15)2/h7-9,12,15H,3-6,10H2,1-2H3,(H,21,24)/t12-,15-/m1/s1. The number of anilines is 1. The lowest BCUT2D eigenvalue weighted by molar-refractivity contribution is -0.145. The first-order valence-corrected chi connectivity index (χ1v) is 9.42. The summed E-state index contributed by atoms with van der Waals surface area (Å²) in [6, 6.07) is 4.11. The van der Waals surface area contributed by atoms with Gasteiger partial charge in [-0.1, -0.05) is 37.4 Å². The molecule has 1 aliphatic carbocycles. The van der Waals surface area contributed by atoms with E-state index in [1.807, 2.05) is 13.8 Å². The zero-order valence-electron chi connectivity index (χ0n) is 15.3. The van der Waals surface area contributed by atoms with E-state index >= 15 is 0 Å². The number of hydrogen-bond donors (Lipinski definition) is 1. The number of nitrogens with one attached hydrogen (secondary N) is 1. The highest BCUT2D eigenvalue weighted by atomic mass is 35.5. The van der Waals surface area contributed by atoms with Gasteiger partial charge in [0, 0.05) is 6.04 Å². The number of urea groups is 1. The number of carbonyl (C=O) groups excluding carboxylic acids is 4. The van der Waals surface area contributed by atoms with Gasteiger partial charge in [0.25, 0.3) is 0 Å². The minimum Gasteiger partial charge on any atom is -0.323 e. The Morgan fingerprint density at radius 1 is 1.19 bits per heavy atom. The summed E-state index contributed by atoms with van der Waals surface area (Å²) in [5.41, 5.74) is 1.32. The monoisotopic (exact) mass is 391 g/mol. The van der Waals surface area contributed by atoms with Gasteiger partial charge in [0.1, 0.15) is 6.54 Å². The highest BCUT2D eigenvalue weighted by Gasteiger charge is 2.49. The molecule has 3 rings (SSSR count). The lowest BCUT2D eigenvalue weighted by Crippen LogP contribution is -2.46. The fourth-order valence-electron chi connectivity index (χ4n) is 3.69. The maximum absolute atomic E-state index is 12.7. The highest BCUT2D eigenvalue weighted by Crippen LogP contribution is 2.31. The second-order valence-electron chi connectivity index (χ2n) is 7.21. The molecule has 2 fully saturated rings. The number of imide groups is 2. The van der Waals surface area contributed by atoms with Crippen molar-refractivity contribution in [3.05, 3.63) is 28.8 Å². The van der Waals surface area contributed by atoms with Gasteiger partial charge < -0.3 is 5.32 Å². The number of benzene rings is 1. The first kappa shape index (κ1) is 19.4. The average Bonchev–Trinajstić information content (AvgIpc) is 2.82. The van der Waals surface area contributed by atoms with E-state index < -0.39 is 30.3 Å². The Labute approximate surface area is 162 Å². The van der Waals surface area contributed by atoms with Crippen LogP contribution in [0.15, 0.2) is 18.2 Å². The summed E-state index contributed by atoms with van der Waals surface area (Å²) < 4.78 is 0. The van der Waals surface area contributed by atoms with Crippen LogP contribution in [0.1, 0.15) is 38.2 Å². The molecule has 0 unspecified atom stereocenters. The topological polar surface area (TPSA) is 86.8 Å². The van der Waals surface area contributed by atoms with E-state index in [1.165, 1.54) is 0 Å². The van der Waals surface area contributed by atoms with Gasteiger partial charge in [-0.3, -0.25) is 19.3 Å². The number of nitrogens with zero attached hydrogens (tertiary/aromatic N) is 2. The Morgan fingerprint density at radius 3 is 2.56 bits per heavy atom. The number of halogens is 1. The fourth-order valence-corrected chi connectivity index (χ4v) is 3.97. The molecule has 1 N–H and O–H groups in total. The first-order valence-electron chi connectivity index (χ1n) is 9.04. The molecule has 1 aliphatic heterocycles. The zero-order chi connectivity index (χ0) is 19.7. The summed E-state index contributed by atoms with van der Waals surface area (Å²) in [6.07, 6.45) is 3.55. The molecule has 5 amide bonds. The van der Waals surface area contributed by atoms with E-state index in [9.17, 15) is 19.2 Å². The molecule has 2 atom stereocenters. The van der Waals surface area contributed by atoms with Crippen LogP contribution in [0.3, 0.4) is 0 Å². The average molecular weight is 392 g/mol. The normalized spacial score (nSPS) is 23.1. The predicted octanol–water partition coefficient (Wildman–Crippen LogP) is 2.96. The summed E-state index contributed by atoms with van der Waals surface area (Å²) in [6.45, 7) is 3.32. The molecule has 0 spiro atoms. The first-order chi connectivity index (χ1) is 12.8. The third-order valence-electron chi connectivity index (χ3n) is 5.18. The minimum absolute atomic E-state index is 0.139. The van der Waals surface area contributed by atoms with Crippen LogP contribution >= 0.6 is 11.6 Å². The van der Waals surface area contributed by atoms with Crippen LogP contribution in [0.2, 0.25) is 5.02 Å². The smallest absolute Gasteiger partial charge is 0.323 e. The molecule has 1 aromatic carbocycles. The van der Waals surface area contributed by atoms with E-state index in [0.29, 0.717) is 22.0 Å². The number of carbonyl (C=O) groups is 4. The van der Waals surface area contributed by atoms with Crippen molar-refractivity contribution in [2.45, 2.75) is 45.6 Å². The van der Waals surface area contributed by atoms with Gasteiger partial charge in [-0.15, -0.1) is 0 Å². The molecule has 144 valence electrons. The van der Waals surface area contributed by atoms with Crippen LogP contribution in [0, 0.1) is 12.8 Å². The number of amides is 5. The summed E-state index contributed by atoms with van der Waals surface area (Å²) in [7, 11) is 0. The van der Waals surface area contributed by atoms with Crippen molar-refractivity contribution in [2.75, 3.05) is 11.9 Å².